The monoisotopic (exact) mass is 299 g/mol. The van der Waals surface area contributed by atoms with Crippen LogP contribution in [0, 0.1) is 5.95 Å². The maximum absolute atomic E-state index is 13.2. The number of esters is 1. The SMILES string of the molecule is COC(=O)c1nc(F)ccc1-c1c(Cl)cccc1Cl. The molecule has 2 aromatic rings. The Hall–Kier alpha value is -1.65. The van der Waals surface area contributed by atoms with Gasteiger partial charge in [-0.15, -0.1) is 0 Å². The number of carbonyl (C=O) groups excluding carboxylic acids is 1. The largest absolute Gasteiger partial charge is 0.464 e. The third-order valence-corrected chi connectivity index (χ3v) is 3.10. The number of methoxy groups -OCH3 is 1. The van der Waals surface area contributed by atoms with Crippen molar-refractivity contribution in [2.45, 2.75) is 0 Å². The third-order valence-electron chi connectivity index (χ3n) is 2.47. The highest BCUT2D eigenvalue weighted by Gasteiger charge is 2.20. The molecule has 1 aromatic heterocycles. The lowest BCUT2D eigenvalue weighted by molar-refractivity contribution is 0.0593. The second-order valence-electron chi connectivity index (χ2n) is 3.62. The Morgan fingerprint density at radius 3 is 2.42 bits per heavy atom. The molecule has 3 nitrogen and oxygen atoms in total. The van der Waals surface area contributed by atoms with Crippen LogP contribution in [0.5, 0.6) is 0 Å². The minimum atomic E-state index is -0.785. The summed E-state index contributed by atoms with van der Waals surface area (Å²) in [5, 5.41) is 0.678. The van der Waals surface area contributed by atoms with E-state index in [1.54, 1.807) is 18.2 Å². The van der Waals surface area contributed by atoms with E-state index in [2.05, 4.69) is 9.72 Å². The molecule has 6 heteroatoms. The van der Waals surface area contributed by atoms with Gasteiger partial charge in [0, 0.05) is 21.2 Å². The summed E-state index contributed by atoms with van der Waals surface area (Å²) in [6.07, 6.45) is 0. The fourth-order valence-electron chi connectivity index (χ4n) is 1.64. The molecule has 0 fully saturated rings. The van der Waals surface area contributed by atoms with Gasteiger partial charge in [0.25, 0.3) is 0 Å². The van der Waals surface area contributed by atoms with Crippen molar-refractivity contribution in [3.8, 4) is 11.1 Å². The van der Waals surface area contributed by atoms with Gasteiger partial charge in [-0.2, -0.15) is 4.39 Å². The van der Waals surface area contributed by atoms with Gasteiger partial charge in [0.15, 0.2) is 5.69 Å². The molecule has 0 spiro atoms. The summed E-state index contributed by atoms with van der Waals surface area (Å²) in [6, 6.07) is 7.42. The number of carbonyl (C=O) groups is 1. The van der Waals surface area contributed by atoms with Crippen LogP contribution in [0.1, 0.15) is 10.5 Å². The second kappa shape index (κ2) is 5.55. The quantitative estimate of drug-likeness (QED) is 0.622. The Kier molecular flexibility index (Phi) is 4.02. The van der Waals surface area contributed by atoms with Gasteiger partial charge < -0.3 is 4.74 Å². The van der Waals surface area contributed by atoms with Gasteiger partial charge in [-0.3, -0.25) is 0 Å². The topological polar surface area (TPSA) is 39.2 Å². The van der Waals surface area contributed by atoms with Crippen LogP contribution in [-0.4, -0.2) is 18.1 Å². The van der Waals surface area contributed by atoms with Crippen LogP contribution < -0.4 is 0 Å². The molecule has 0 atom stereocenters. The molecular formula is C13H8Cl2FNO2. The van der Waals surface area contributed by atoms with Crippen LogP contribution in [0.15, 0.2) is 30.3 Å². The van der Waals surface area contributed by atoms with Crippen LogP contribution in [-0.2, 0) is 4.74 Å². The van der Waals surface area contributed by atoms with E-state index in [1.807, 2.05) is 0 Å². The Labute approximate surface area is 118 Å². The molecule has 98 valence electrons. The summed E-state index contributed by atoms with van der Waals surface area (Å²) in [5.41, 5.74) is 0.570. The summed E-state index contributed by atoms with van der Waals surface area (Å²) in [4.78, 5) is 15.2. The molecule has 19 heavy (non-hydrogen) atoms. The molecule has 0 amide bonds. The Balaban J connectivity index is 2.72. The third kappa shape index (κ3) is 2.69. The van der Waals surface area contributed by atoms with Crippen molar-refractivity contribution in [1.82, 2.24) is 4.98 Å². The zero-order chi connectivity index (χ0) is 14.0. The molecule has 2 rings (SSSR count). The lowest BCUT2D eigenvalue weighted by Crippen LogP contribution is -2.08. The molecule has 0 N–H and O–H groups in total. The fourth-order valence-corrected chi connectivity index (χ4v) is 2.25. The lowest BCUT2D eigenvalue weighted by atomic mass is 10.0. The number of hydrogen-bond acceptors (Lipinski definition) is 3. The minimum Gasteiger partial charge on any atom is -0.464 e. The Bertz CT molecular complexity index is 626. The molecule has 0 aliphatic carbocycles. The molecule has 1 aromatic carbocycles. The molecule has 0 aliphatic rings. The minimum absolute atomic E-state index is 0.169. The molecule has 0 unspecified atom stereocenters. The maximum atomic E-state index is 13.2. The van der Waals surface area contributed by atoms with Crippen molar-refractivity contribution in [2.24, 2.45) is 0 Å². The van der Waals surface area contributed by atoms with Gasteiger partial charge in [0.05, 0.1) is 7.11 Å². The number of benzene rings is 1. The smallest absolute Gasteiger partial charge is 0.357 e. The lowest BCUT2D eigenvalue weighted by Gasteiger charge is -2.10. The predicted molar refractivity (Wildman–Crippen MR) is 71.0 cm³/mol. The van der Waals surface area contributed by atoms with Crippen molar-refractivity contribution in [1.29, 1.82) is 0 Å². The van der Waals surface area contributed by atoms with Gasteiger partial charge in [-0.25, -0.2) is 9.78 Å². The number of halogens is 3. The number of ether oxygens (including phenoxy) is 1. The summed E-state index contributed by atoms with van der Waals surface area (Å²) in [7, 11) is 1.19. The fraction of sp³-hybridized carbons (Fsp3) is 0.0769. The number of aromatic nitrogens is 1. The van der Waals surface area contributed by atoms with Gasteiger partial charge in [0.1, 0.15) is 0 Å². The highest BCUT2D eigenvalue weighted by molar-refractivity contribution is 6.39. The van der Waals surface area contributed by atoms with E-state index < -0.39 is 11.9 Å². The van der Waals surface area contributed by atoms with E-state index in [-0.39, 0.29) is 5.69 Å². The summed E-state index contributed by atoms with van der Waals surface area (Å²) in [5.74, 6) is -1.54. The molecule has 0 saturated carbocycles. The standard InChI is InChI=1S/C13H8Cl2FNO2/c1-19-13(18)12-7(5-6-10(16)17-12)11-8(14)3-2-4-9(11)15/h2-6H,1H3. The van der Waals surface area contributed by atoms with Crippen molar-refractivity contribution in [2.75, 3.05) is 7.11 Å². The Morgan fingerprint density at radius 1 is 1.21 bits per heavy atom. The first-order valence-electron chi connectivity index (χ1n) is 5.24. The van der Waals surface area contributed by atoms with Crippen LogP contribution in [0.2, 0.25) is 10.0 Å². The zero-order valence-corrected chi connectivity index (χ0v) is 11.3. The number of hydrogen-bond donors (Lipinski definition) is 0. The van der Waals surface area contributed by atoms with Crippen molar-refractivity contribution in [3.05, 3.63) is 52.0 Å². The first-order chi connectivity index (χ1) is 9.04. The number of pyridine rings is 1. The molecule has 0 saturated heterocycles. The number of rotatable bonds is 2. The van der Waals surface area contributed by atoms with E-state index >= 15 is 0 Å². The van der Waals surface area contributed by atoms with Crippen LogP contribution >= 0.6 is 23.2 Å². The summed E-state index contributed by atoms with van der Waals surface area (Å²) < 4.78 is 17.8. The molecule has 1 heterocycles. The first-order valence-corrected chi connectivity index (χ1v) is 5.99. The van der Waals surface area contributed by atoms with Crippen molar-refractivity contribution in [3.63, 3.8) is 0 Å². The average Bonchev–Trinajstić information content (AvgIpc) is 2.39. The van der Waals surface area contributed by atoms with Crippen molar-refractivity contribution < 1.29 is 13.9 Å². The van der Waals surface area contributed by atoms with Crippen molar-refractivity contribution >= 4 is 29.2 Å². The molecular weight excluding hydrogens is 292 g/mol. The summed E-state index contributed by atoms with van der Waals surface area (Å²) >= 11 is 12.1. The zero-order valence-electron chi connectivity index (χ0n) is 9.78. The first kappa shape index (κ1) is 13.8. The van der Waals surface area contributed by atoms with Crippen LogP contribution in [0.3, 0.4) is 0 Å². The van der Waals surface area contributed by atoms with Crippen LogP contribution in [0.4, 0.5) is 4.39 Å². The molecule has 0 aliphatic heterocycles. The number of nitrogens with zero attached hydrogens (tertiary/aromatic N) is 1. The second-order valence-corrected chi connectivity index (χ2v) is 4.43. The van der Waals surface area contributed by atoms with E-state index in [4.69, 9.17) is 23.2 Å². The van der Waals surface area contributed by atoms with E-state index in [0.717, 1.165) is 6.07 Å². The van der Waals surface area contributed by atoms with Gasteiger partial charge in [-0.05, 0) is 24.3 Å². The molecule has 0 radical (unpaired) electrons. The van der Waals surface area contributed by atoms with E-state index in [9.17, 15) is 9.18 Å². The highest BCUT2D eigenvalue weighted by Crippen LogP contribution is 2.36. The predicted octanol–water partition coefficient (Wildman–Crippen LogP) is 3.98. The average molecular weight is 300 g/mol. The van der Waals surface area contributed by atoms with Crippen LogP contribution in [0.25, 0.3) is 11.1 Å². The Morgan fingerprint density at radius 2 is 1.84 bits per heavy atom. The van der Waals surface area contributed by atoms with E-state index in [1.165, 1.54) is 13.2 Å². The van der Waals surface area contributed by atoms with Gasteiger partial charge in [0.2, 0.25) is 5.95 Å². The highest BCUT2D eigenvalue weighted by atomic mass is 35.5. The van der Waals surface area contributed by atoms with Gasteiger partial charge in [-0.1, -0.05) is 29.3 Å². The molecule has 0 bridgehead atoms. The normalized spacial score (nSPS) is 10.3. The summed E-state index contributed by atoms with van der Waals surface area (Å²) in [6.45, 7) is 0. The van der Waals surface area contributed by atoms with Gasteiger partial charge >= 0.3 is 5.97 Å². The van der Waals surface area contributed by atoms with E-state index in [0.29, 0.717) is 21.2 Å². The maximum Gasteiger partial charge on any atom is 0.357 e.